The van der Waals surface area contributed by atoms with Crippen LogP contribution in [-0.4, -0.2) is 30.9 Å². The number of ether oxygens (including phenoxy) is 3. The van der Waals surface area contributed by atoms with Gasteiger partial charge in [0.2, 0.25) is 5.75 Å². The molecular weight excluding hydrogens is 344 g/mol. The molecule has 2 heterocycles. The molecule has 1 aliphatic rings. The van der Waals surface area contributed by atoms with Crippen LogP contribution in [0.1, 0.15) is 17.8 Å². The summed E-state index contributed by atoms with van der Waals surface area (Å²) in [5, 5.41) is 0.648. The first-order valence-electron chi connectivity index (χ1n) is 8.66. The molecule has 0 atom stereocenters. The van der Waals surface area contributed by atoms with E-state index in [9.17, 15) is 4.79 Å². The number of para-hydroxylation sites is 1. The van der Waals surface area contributed by atoms with Gasteiger partial charge in [0.05, 0.1) is 32.2 Å². The Labute approximate surface area is 156 Å². The third-order valence-electron chi connectivity index (χ3n) is 4.81. The molecule has 3 aromatic rings. The van der Waals surface area contributed by atoms with Crippen molar-refractivity contribution in [3.63, 3.8) is 0 Å². The van der Waals surface area contributed by atoms with Crippen LogP contribution in [0.2, 0.25) is 0 Å². The SMILES string of the molecule is COc1cc(/C=C2\CCn3c2nc(=O)c2ccccc23)cc(OC)c1OC. The van der Waals surface area contributed by atoms with Crippen LogP contribution in [0, 0.1) is 0 Å². The summed E-state index contributed by atoms with van der Waals surface area (Å²) < 4.78 is 18.3. The zero-order valence-electron chi connectivity index (χ0n) is 15.5. The molecule has 0 N–H and O–H groups in total. The lowest BCUT2D eigenvalue weighted by Gasteiger charge is -2.13. The number of fused-ring (bicyclic) bond motifs is 3. The molecule has 0 aliphatic carbocycles. The van der Waals surface area contributed by atoms with Crippen molar-refractivity contribution in [2.75, 3.05) is 21.3 Å². The van der Waals surface area contributed by atoms with E-state index in [1.165, 1.54) is 0 Å². The van der Waals surface area contributed by atoms with Crippen LogP contribution in [0.4, 0.5) is 0 Å². The number of benzene rings is 2. The highest BCUT2D eigenvalue weighted by Gasteiger charge is 2.21. The van der Waals surface area contributed by atoms with Crippen molar-refractivity contribution >= 4 is 22.6 Å². The topological polar surface area (TPSA) is 62.6 Å². The predicted molar refractivity (Wildman–Crippen MR) is 105 cm³/mol. The molecule has 2 aromatic carbocycles. The van der Waals surface area contributed by atoms with E-state index in [1.807, 2.05) is 42.5 Å². The van der Waals surface area contributed by atoms with Gasteiger partial charge in [-0.15, -0.1) is 0 Å². The first kappa shape index (κ1) is 17.1. The van der Waals surface area contributed by atoms with Crippen LogP contribution < -0.4 is 19.8 Å². The minimum absolute atomic E-state index is 0.199. The van der Waals surface area contributed by atoms with E-state index in [2.05, 4.69) is 9.55 Å². The molecule has 0 saturated heterocycles. The van der Waals surface area contributed by atoms with Crippen molar-refractivity contribution in [1.82, 2.24) is 9.55 Å². The Kier molecular flexibility index (Phi) is 4.32. The maximum atomic E-state index is 12.4. The van der Waals surface area contributed by atoms with Gasteiger partial charge in [0, 0.05) is 6.54 Å². The number of aryl methyl sites for hydroxylation is 1. The molecule has 1 aromatic heterocycles. The summed E-state index contributed by atoms with van der Waals surface area (Å²) in [6.07, 6.45) is 2.82. The van der Waals surface area contributed by atoms with Crippen LogP contribution in [0.5, 0.6) is 17.2 Å². The van der Waals surface area contributed by atoms with Crippen LogP contribution in [0.25, 0.3) is 22.6 Å². The molecule has 0 radical (unpaired) electrons. The van der Waals surface area contributed by atoms with E-state index in [0.717, 1.165) is 29.6 Å². The van der Waals surface area contributed by atoms with Gasteiger partial charge in [-0.3, -0.25) is 4.79 Å². The zero-order chi connectivity index (χ0) is 19.0. The number of allylic oxidation sites excluding steroid dienone is 1. The van der Waals surface area contributed by atoms with Gasteiger partial charge in [-0.05, 0) is 47.9 Å². The van der Waals surface area contributed by atoms with E-state index in [0.29, 0.717) is 28.5 Å². The minimum Gasteiger partial charge on any atom is -0.493 e. The van der Waals surface area contributed by atoms with Gasteiger partial charge in [-0.25, -0.2) is 0 Å². The highest BCUT2D eigenvalue weighted by Crippen LogP contribution is 2.39. The summed E-state index contributed by atoms with van der Waals surface area (Å²) in [7, 11) is 4.76. The fourth-order valence-electron chi connectivity index (χ4n) is 3.56. The lowest BCUT2D eigenvalue weighted by molar-refractivity contribution is 0.324. The Morgan fingerprint density at radius 2 is 1.74 bits per heavy atom. The van der Waals surface area contributed by atoms with Crippen molar-refractivity contribution in [2.24, 2.45) is 0 Å². The summed E-state index contributed by atoms with van der Waals surface area (Å²) in [5.41, 5.74) is 2.62. The molecule has 0 saturated carbocycles. The Balaban J connectivity index is 1.86. The van der Waals surface area contributed by atoms with Gasteiger partial charge in [0.25, 0.3) is 5.56 Å². The minimum atomic E-state index is -0.199. The van der Waals surface area contributed by atoms with Gasteiger partial charge in [-0.1, -0.05) is 12.1 Å². The number of aromatic nitrogens is 2. The summed E-state index contributed by atoms with van der Waals surface area (Å²) >= 11 is 0. The molecule has 0 fully saturated rings. The third kappa shape index (κ3) is 2.83. The largest absolute Gasteiger partial charge is 0.493 e. The summed E-state index contributed by atoms with van der Waals surface area (Å²) in [6.45, 7) is 0.791. The van der Waals surface area contributed by atoms with Crippen LogP contribution in [0.15, 0.2) is 41.2 Å². The zero-order valence-corrected chi connectivity index (χ0v) is 15.5. The quantitative estimate of drug-likeness (QED) is 0.710. The van der Waals surface area contributed by atoms with Gasteiger partial charge in [0.15, 0.2) is 11.5 Å². The smallest absolute Gasteiger partial charge is 0.281 e. The number of hydrogen-bond acceptors (Lipinski definition) is 5. The first-order valence-corrected chi connectivity index (χ1v) is 8.66. The van der Waals surface area contributed by atoms with Crippen LogP contribution >= 0.6 is 0 Å². The fraction of sp³-hybridized carbons (Fsp3) is 0.238. The lowest BCUT2D eigenvalue weighted by Crippen LogP contribution is -2.14. The van der Waals surface area contributed by atoms with E-state index in [-0.39, 0.29) is 5.56 Å². The molecular formula is C21H20N2O4. The third-order valence-corrected chi connectivity index (χ3v) is 4.81. The molecule has 0 unspecified atom stereocenters. The second-order valence-corrected chi connectivity index (χ2v) is 6.29. The van der Waals surface area contributed by atoms with E-state index >= 15 is 0 Å². The van der Waals surface area contributed by atoms with Crippen LogP contribution in [0.3, 0.4) is 0 Å². The Hall–Kier alpha value is -3.28. The Bertz CT molecular complexity index is 1090. The Morgan fingerprint density at radius 1 is 1.04 bits per heavy atom. The molecule has 0 bridgehead atoms. The van der Waals surface area contributed by atoms with E-state index in [1.54, 1.807) is 21.3 Å². The fourth-order valence-corrected chi connectivity index (χ4v) is 3.56. The van der Waals surface area contributed by atoms with Crippen LogP contribution in [-0.2, 0) is 6.54 Å². The average molecular weight is 364 g/mol. The molecule has 0 amide bonds. The maximum Gasteiger partial charge on any atom is 0.281 e. The highest BCUT2D eigenvalue weighted by atomic mass is 16.5. The van der Waals surface area contributed by atoms with Gasteiger partial charge < -0.3 is 18.8 Å². The van der Waals surface area contributed by atoms with Crippen molar-refractivity contribution in [1.29, 1.82) is 0 Å². The van der Waals surface area contributed by atoms with Crippen molar-refractivity contribution < 1.29 is 14.2 Å². The molecule has 6 heteroatoms. The molecule has 4 rings (SSSR count). The molecule has 1 aliphatic heterocycles. The number of rotatable bonds is 4. The molecule has 6 nitrogen and oxygen atoms in total. The van der Waals surface area contributed by atoms with Gasteiger partial charge in [-0.2, -0.15) is 4.98 Å². The Morgan fingerprint density at radius 3 is 2.41 bits per heavy atom. The predicted octanol–water partition coefficient (Wildman–Crippen LogP) is 3.37. The second kappa shape index (κ2) is 6.79. The molecule has 138 valence electrons. The first-order chi connectivity index (χ1) is 13.2. The summed E-state index contributed by atoms with van der Waals surface area (Å²) in [6, 6.07) is 11.4. The van der Waals surface area contributed by atoms with Crippen molar-refractivity contribution in [3.8, 4) is 17.2 Å². The number of nitrogens with zero attached hydrogens (tertiary/aromatic N) is 2. The van der Waals surface area contributed by atoms with Gasteiger partial charge >= 0.3 is 0 Å². The van der Waals surface area contributed by atoms with E-state index < -0.39 is 0 Å². The molecule has 0 spiro atoms. The molecule has 27 heavy (non-hydrogen) atoms. The summed E-state index contributed by atoms with van der Waals surface area (Å²) in [4.78, 5) is 16.7. The van der Waals surface area contributed by atoms with Crippen molar-refractivity contribution in [2.45, 2.75) is 13.0 Å². The normalized spacial score (nSPS) is 14.4. The number of hydrogen-bond donors (Lipinski definition) is 0. The number of methoxy groups -OCH3 is 3. The van der Waals surface area contributed by atoms with Gasteiger partial charge in [0.1, 0.15) is 5.82 Å². The lowest BCUT2D eigenvalue weighted by atomic mass is 10.1. The monoisotopic (exact) mass is 364 g/mol. The summed E-state index contributed by atoms with van der Waals surface area (Å²) in [5.74, 6) is 2.44. The van der Waals surface area contributed by atoms with Crippen molar-refractivity contribution in [3.05, 3.63) is 58.1 Å². The van der Waals surface area contributed by atoms with E-state index in [4.69, 9.17) is 14.2 Å². The maximum absolute atomic E-state index is 12.4. The average Bonchev–Trinajstić information content (AvgIpc) is 3.10. The second-order valence-electron chi connectivity index (χ2n) is 6.29. The highest BCUT2D eigenvalue weighted by molar-refractivity contribution is 5.86. The standard InChI is InChI=1S/C21H20N2O4/c1-25-17-11-13(12-18(26-2)19(17)27-3)10-14-8-9-23-16-7-5-4-6-15(16)21(24)22-20(14)23/h4-7,10-12H,8-9H2,1-3H3/b14-10+.